The molecule has 1 heterocycles. The van der Waals surface area contributed by atoms with Crippen molar-refractivity contribution in [2.75, 3.05) is 23.7 Å². The average molecular weight is 475 g/mol. The van der Waals surface area contributed by atoms with Gasteiger partial charge < -0.3 is 21.7 Å². The maximum atomic E-state index is 12.8. The zero-order valence-corrected chi connectivity index (χ0v) is 19.3. The van der Waals surface area contributed by atoms with Crippen molar-refractivity contribution in [1.82, 2.24) is 5.32 Å². The van der Waals surface area contributed by atoms with Crippen molar-refractivity contribution in [3.05, 3.63) is 57.6 Å². The fourth-order valence-electron chi connectivity index (χ4n) is 4.65. The molecule has 1 fully saturated rings. The first kappa shape index (κ1) is 22.9. The van der Waals surface area contributed by atoms with Crippen molar-refractivity contribution in [3.8, 4) is 0 Å². The number of amides is 2. The second kappa shape index (κ2) is 10.1. The predicted molar refractivity (Wildman–Crippen MR) is 129 cm³/mol. The Morgan fingerprint density at radius 1 is 1.09 bits per heavy atom. The fraction of sp³-hybridized carbons (Fsp3) is 0.417. The third-order valence-electron chi connectivity index (χ3n) is 6.39. The second-order valence-corrected chi connectivity index (χ2v) is 9.56. The van der Waals surface area contributed by atoms with E-state index in [0.29, 0.717) is 46.2 Å². The lowest BCUT2D eigenvalue weighted by Crippen LogP contribution is -2.33. The Bertz CT molecular complexity index is 1010. The topological polar surface area (TPSA) is 96.2 Å². The monoisotopic (exact) mass is 474 g/mol. The molecule has 6 nitrogen and oxygen atoms in total. The lowest BCUT2D eigenvalue weighted by Gasteiger charge is -2.28. The van der Waals surface area contributed by atoms with Crippen LogP contribution in [0.5, 0.6) is 0 Å². The van der Waals surface area contributed by atoms with Crippen molar-refractivity contribution in [2.45, 2.75) is 38.1 Å². The first-order valence-corrected chi connectivity index (χ1v) is 11.8. The third-order valence-corrected chi connectivity index (χ3v) is 6.95. The molecule has 2 aromatic rings. The number of nitrogens with two attached hydrogens (primary N) is 1. The van der Waals surface area contributed by atoms with Crippen LogP contribution in [0.15, 0.2) is 36.4 Å². The van der Waals surface area contributed by atoms with E-state index >= 15 is 0 Å². The van der Waals surface area contributed by atoms with E-state index in [1.807, 2.05) is 12.1 Å². The Morgan fingerprint density at radius 3 is 2.69 bits per heavy atom. The first-order chi connectivity index (χ1) is 15.4. The maximum Gasteiger partial charge on any atom is 0.251 e. The summed E-state index contributed by atoms with van der Waals surface area (Å²) in [5.74, 6) is 0.730. The summed E-state index contributed by atoms with van der Waals surface area (Å²) < 4.78 is 0. The molecule has 2 aliphatic rings. The van der Waals surface area contributed by atoms with E-state index < -0.39 is 0 Å². The molecule has 3 atom stereocenters. The smallest absolute Gasteiger partial charge is 0.251 e. The van der Waals surface area contributed by atoms with Gasteiger partial charge in [0.05, 0.1) is 23.8 Å². The van der Waals surface area contributed by atoms with E-state index in [2.05, 4.69) is 16.0 Å². The molecular weight excluding hydrogens is 447 g/mol. The van der Waals surface area contributed by atoms with Gasteiger partial charge in [0.25, 0.3) is 5.91 Å². The lowest BCUT2D eigenvalue weighted by atomic mass is 9.81. The predicted octanol–water partition coefficient (Wildman–Crippen LogP) is 4.98. The van der Waals surface area contributed by atoms with Gasteiger partial charge >= 0.3 is 0 Å². The van der Waals surface area contributed by atoms with Gasteiger partial charge in [-0.15, -0.1) is 0 Å². The largest absolute Gasteiger partial charge is 0.376 e. The normalized spacial score (nSPS) is 22.8. The third kappa shape index (κ3) is 5.37. The van der Waals surface area contributed by atoms with Gasteiger partial charge in [-0.3, -0.25) is 9.59 Å². The highest BCUT2D eigenvalue weighted by Crippen LogP contribution is 2.36. The molecule has 4 rings (SSSR count). The van der Waals surface area contributed by atoms with Crippen molar-refractivity contribution in [3.63, 3.8) is 0 Å². The standard InChI is InChI=1S/C24H28Cl2N4O2/c25-17-5-6-18(19(26)10-17)21-11-23(31)30-22-9-16(4-7-20(22)29-21)24(32)28-13-15-3-1-2-14(8-15)12-27/h4-7,9-10,14-15,21,29H,1-3,8,11-13,27H2,(H,28,32)(H,30,31). The van der Waals surface area contributed by atoms with Crippen molar-refractivity contribution >= 4 is 46.4 Å². The minimum atomic E-state index is -0.303. The van der Waals surface area contributed by atoms with Crippen LogP contribution in [0, 0.1) is 11.8 Å². The Balaban J connectivity index is 1.46. The van der Waals surface area contributed by atoms with Crippen LogP contribution >= 0.6 is 23.2 Å². The number of rotatable bonds is 5. The first-order valence-electron chi connectivity index (χ1n) is 11.1. The van der Waals surface area contributed by atoms with Gasteiger partial charge in [-0.05, 0) is 73.5 Å². The minimum Gasteiger partial charge on any atom is -0.376 e. The Hall–Kier alpha value is -2.28. The number of carbonyl (C=O) groups excluding carboxylic acids is 2. The Kier molecular flexibility index (Phi) is 7.23. The summed E-state index contributed by atoms with van der Waals surface area (Å²) >= 11 is 12.4. The number of halogens is 2. The Labute approximate surface area is 198 Å². The van der Waals surface area contributed by atoms with E-state index in [4.69, 9.17) is 28.9 Å². The molecule has 3 unspecified atom stereocenters. The van der Waals surface area contributed by atoms with Crippen LogP contribution in [0.25, 0.3) is 0 Å². The van der Waals surface area contributed by atoms with Crippen LogP contribution < -0.4 is 21.7 Å². The quantitative estimate of drug-likeness (QED) is 0.490. The van der Waals surface area contributed by atoms with Crippen molar-refractivity contribution < 1.29 is 9.59 Å². The molecule has 2 aromatic carbocycles. The van der Waals surface area contributed by atoms with Gasteiger partial charge in [0.2, 0.25) is 5.91 Å². The van der Waals surface area contributed by atoms with Gasteiger partial charge in [0.1, 0.15) is 0 Å². The second-order valence-electron chi connectivity index (χ2n) is 8.72. The van der Waals surface area contributed by atoms with Crippen LogP contribution in [0.1, 0.15) is 54.1 Å². The van der Waals surface area contributed by atoms with Crippen LogP contribution in [0.3, 0.4) is 0 Å². The molecule has 2 amide bonds. The summed E-state index contributed by atoms with van der Waals surface area (Å²) in [7, 11) is 0. The van der Waals surface area contributed by atoms with Gasteiger partial charge in [0, 0.05) is 22.2 Å². The highest BCUT2D eigenvalue weighted by atomic mass is 35.5. The molecule has 5 N–H and O–H groups in total. The number of benzene rings is 2. The number of hydrogen-bond donors (Lipinski definition) is 4. The van der Waals surface area contributed by atoms with Gasteiger partial charge in [-0.25, -0.2) is 0 Å². The number of nitrogens with one attached hydrogen (secondary N) is 3. The maximum absolute atomic E-state index is 12.8. The lowest BCUT2D eigenvalue weighted by molar-refractivity contribution is -0.116. The summed E-state index contributed by atoms with van der Waals surface area (Å²) in [6.07, 6.45) is 4.74. The number of carbonyl (C=O) groups is 2. The molecule has 1 aliphatic heterocycles. The molecule has 0 radical (unpaired) electrons. The van der Waals surface area contributed by atoms with Gasteiger partial charge in [-0.2, -0.15) is 0 Å². The van der Waals surface area contributed by atoms with E-state index in [9.17, 15) is 9.59 Å². The summed E-state index contributed by atoms with van der Waals surface area (Å²) in [5.41, 5.74) is 8.45. The zero-order chi connectivity index (χ0) is 22.7. The van der Waals surface area contributed by atoms with Gasteiger partial charge in [0.15, 0.2) is 0 Å². The molecule has 32 heavy (non-hydrogen) atoms. The average Bonchev–Trinajstić information content (AvgIpc) is 2.94. The van der Waals surface area contributed by atoms with Crippen LogP contribution in [0.2, 0.25) is 10.0 Å². The zero-order valence-electron chi connectivity index (χ0n) is 17.8. The number of fused-ring (bicyclic) bond motifs is 1. The molecule has 0 bridgehead atoms. The Morgan fingerprint density at radius 2 is 1.91 bits per heavy atom. The summed E-state index contributed by atoms with van der Waals surface area (Å²) in [6, 6.07) is 10.2. The van der Waals surface area contributed by atoms with Gasteiger partial charge in [-0.1, -0.05) is 35.7 Å². The van der Waals surface area contributed by atoms with Crippen molar-refractivity contribution in [2.24, 2.45) is 17.6 Å². The highest BCUT2D eigenvalue weighted by Gasteiger charge is 2.25. The number of hydrogen-bond acceptors (Lipinski definition) is 4. The van der Waals surface area contributed by atoms with Crippen LogP contribution in [-0.4, -0.2) is 24.9 Å². The summed E-state index contributed by atoms with van der Waals surface area (Å²) in [4.78, 5) is 25.3. The van der Waals surface area contributed by atoms with Crippen LogP contribution in [-0.2, 0) is 4.79 Å². The van der Waals surface area contributed by atoms with E-state index in [1.54, 1.807) is 24.3 Å². The fourth-order valence-corrected chi connectivity index (χ4v) is 5.19. The number of anilines is 2. The van der Waals surface area contributed by atoms with Crippen LogP contribution in [0.4, 0.5) is 11.4 Å². The van der Waals surface area contributed by atoms with E-state index in [0.717, 1.165) is 30.5 Å². The minimum absolute atomic E-state index is 0.140. The molecule has 8 heteroatoms. The highest BCUT2D eigenvalue weighted by molar-refractivity contribution is 6.35. The molecular formula is C24H28Cl2N4O2. The molecule has 0 spiro atoms. The summed E-state index contributed by atoms with van der Waals surface area (Å²) in [6.45, 7) is 1.36. The SMILES string of the molecule is NCC1CCCC(CNC(=O)c2ccc3c(c2)NC(=O)CC(c2ccc(Cl)cc2Cl)N3)C1. The van der Waals surface area contributed by atoms with E-state index in [1.165, 1.54) is 6.42 Å². The molecule has 170 valence electrons. The molecule has 1 saturated carbocycles. The molecule has 1 aliphatic carbocycles. The van der Waals surface area contributed by atoms with Crippen molar-refractivity contribution in [1.29, 1.82) is 0 Å². The summed E-state index contributed by atoms with van der Waals surface area (Å²) in [5, 5.41) is 10.4. The van der Waals surface area contributed by atoms with E-state index in [-0.39, 0.29) is 24.3 Å². The molecule has 0 saturated heterocycles. The molecule has 0 aromatic heterocycles.